The number of carbonyl (C=O) groups excluding carboxylic acids is 1. The number of nitrogens with zero attached hydrogens (tertiary/aromatic N) is 5. The maximum Gasteiger partial charge on any atom is 0.223 e. The van der Waals surface area contributed by atoms with Gasteiger partial charge in [0, 0.05) is 13.0 Å². The van der Waals surface area contributed by atoms with Gasteiger partial charge in [0.15, 0.2) is 5.76 Å². The van der Waals surface area contributed by atoms with Crippen molar-refractivity contribution < 1.29 is 9.21 Å². The highest BCUT2D eigenvalue weighted by molar-refractivity contribution is 5.77. The van der Waals surface area contributed by atoms with Crippen molar-refractivity contribution >= 4 is 5.91 Å². The van der Waals surface area contributed by atoms with Crippen LogP contribution in [0, 0.1) is 0 Å². The first-order valence-corrected chi connectivity index (χ1v) is 8.66. The van der Waals surface area contributed by atoms with Gasteiger partial charge in [-0.25, -0.2) is 9.67 Å². The first-order valence-electron chi connectivity index (χ1n) is 8.66. The monoisotopic (exact) mass is 329 g/mol. The third-order valence-corrected chi connectivity index (χ3v) is 4.98. The fourth-order valence-corrected chi connectivity index (χ4v) is 3.55. The smallest absolute Gasteiger partial charge is 0.223 e. The molecule has 0 saturated carbocycles. The van der Waals surface area contributed by atoms with Crippen molar-refractivity contribution in [2.45, 2.75) is 38.3 Å². The van der Waals surface area contributed by atoms with Crippen LogP contribution in [0.15, 0.2) is 22.8 Å². The van der Waals surface area contributed by atoms with Gasteiger partial charge in [0.1, 0.15) is 5.82 Å². The SMILES string of the molecule is CN1CCC(n2nc(-c3ccco3)nc2CN2CCCC2=O)CC1. The highest BCUT2D eigenvalue weighted by Gasteiger charge is 2.27. The summed E-state index contributed by atoms with van der Waals surface area (Å²) in [6.07, 6.45) is 5.33. The van der Waals surface area contributed by atoms with Gasteiger partial charge in [-0.15, -0.1) is 5.10 Å². The van der Waals surface area contributed by atoms with E-state index in [0.717, 1.165) is 44.7 Å². The summed E-state index contributed by atoms with van der Waals surface area (Å²) >= 11 is 0. The molecule has 4 rings (SSSR count). The number of hydrogen-bond acceptors (Lipinski definition) is 5. The molecule has 24 heavy (non-hydrogen) atoms. The predicted molar refractivity (Wildman–Crippen MR) is 88.1 cm³/mol. The molecule has 0 atom stereocenters. The topological polar surface area (TPSA) is 67.4 Å². The van der Waals surface area contributed by atoms with E-state index in [4.69, 9.17) is 14.5 Å². The summed E-state index contributed by atoms with van der Waals surface area (Å²) in [5.41, 5.74) is 0. The number of carbonyl (C=O) groups is 1. The van der Waals surface area contributed by atoms with Crippen LogP contribution in [0.5, 0.6) is 0 Å². The lowest BCUT2D eigenvalue weighted by Crippen LogP contribution is -2.33. The molecule has 2 aromatic rings. The van der Waals surface area contributed by atoms with Crippen LogP contribution in [-0.2, 0) is 11.3 Å². The number of furan rings is 1. The Morgan fingerprint density at radius 2 is 2.12 bits per heavy atom. The number of piperidine rings is 1. The van der Waals surface area contributed by atoms with Gasteiger partial charge in [0.05, 0.1) is 18.8 Å². The summed E-state index contributed by atoms with van der Waals surface area (Å²) in [5.74, 6) is 2.37. The number of likely N-dealkylation sites (tertiary alicyclic amines) is 2. The van der Waals surface area contributed by atoms with Gasteiger partial charge in [-0.3, -0.25) is 4.79 Å². The minimum absolute atomic E-state index is 0.215. The zero-order valence-corrected chi connectivity index (χ0v) is 14.0. The molecule has 0 radical (unpaired) electrons. The molecular weight excluding hydrogens is 306 g/mol. The summed E-state index contributed by atoms with van der Waals surface area (Å²) in [6.45, 7) is 3.47. The minimum Gasteiger partial charge on any atom is -0.461 e. The molecule has 2 aliphatic heterocycles. The van der Waals surface area contributed by atoms with Gasteiger partial charge in [-0.05, 0) is 51.5 Å². The Balaban J connectivity index is 1.63. The number of aromatic nitrogens is 3. The molecule has 128 valence electrons. The van der Waals surface area contributed by atoms with Crippen molar-refractivity contribution in [1.82, 2.24) is 24.6 Å². The Morgan fingerprint density at radius 1 is 1.29 bits per heavy atom. The third kappa shape index (κ3) is 2.96. The molecule has 0 N–H and O–H groups in total. The molecule has 7 nitrogen and oxygen atoms in total. The minimum atomic E-state index is 0.215. The second kappa shape index (κ2) is 6.39. The Kier molecular flexibility index (Phi) is 4.10. The lowest BCUT2D eigenvalue weighted by atomic mass is 10.1. The summed E-state index contributed by atoms with van der Waals surface area (Å²) in [6, 6.07) is 4.05. The molecule has 2 saturated heterocycles. The molecule has 0 spiro atoms. The van der Waals surface area contributed by atoms with Gasteiger partial charge >= 0.3 is 0 Å². The molecule has 2 fully saturated rings. The molecule has 0 bridgehead atoms. The van der Waals surface area contributed by atoms with E-state index in [9.17, 15) is 4.79 Å². The fraction of sp³-hybridized carbons (Fsp3) is 0.588. The normalized spacial score (nSPS) is 20.2. The molecule has 2 aliphatic rings. The lowest BCUT2D eigenvalue weighted by molar-refractivity contribution is -0.128. The molecular formula is C17H23N5O2. The van der Waals surface area contributed by atoms with E-state index >= 15 is 0 Å². The van der Waals surface area contributed by atoms with Crippen molar-refractivity contribution in [2.75, 3.05) is 26.7 Å². The van der Waals surface area contributed by atoms with Gasteiger partial charge in [-0.2, -0.15) is 0 Å². The van der Waals surface area contributed by atoms with Crippen LogP contribution >= 0.6 is 0 Å². The predicted octanol–water partition coefficient (Wildman–Crippen LogP) is 1.93. The number of amides is 1. The van der Waals surface area contributed by atoms with E-state index in [1.54, 1.807) is 6.26 Å². The van der Waals surface area contributed by atoms with E-state index in [-0.39, 0.29) is 5.91 Å². The first kappa shape index (κ1) is 15.4. The Bertz CT molecular complexity index is 701. The van der Waals surface area contributed by atoms with E-state index < -0.39 is 0 Å². The van der Waals surface area contributed by atoms with E-state index in [1.165, 1.54) is 0 Å². The van der Waals surface area contributed by atoms with E-state index in [1.807, 2.05) is 21.7 Å². The summed E-state index contributed by atoms with van der Waals surface area (Å²) < 4.78 is 7.49. The summed E-state index contributed by atoms with van der Waals surface area (Å²) in [4.78, 5) is 20.9. The van der Waals surface area contributed by atoms with Gasteiger partial charge in [0.25, 0.3) is 0 Å². The van der Waals surface area contributed by atoms with Gasteiger partial charge in [0.2, 0.25) is 11.7 Å². The van der Waals surface area contributed by atoms with Crippen molar-refractivity contribution in [2.24, 2.45) is 0 Å². The van der Waals surface area contributed by atoms with Crippen LogP contribution in [0.3, 0.4) is 0 Å². The van der Waals surface area contributed by atoms with Crippen LogP contribution < -0.4 is 0 Å². The maximum atomic E-state index is 12.0. The highest BCUT2D eigenvalue weighted by atomic mass is 16.3. The molecule has 0 unspecified atom stereocenters. The Hall–Kier alpha value is -2.15. The van der Waals surface area contributed by atoms with Crippen LogP contribution in [0.1, 0.15) is 37.5 Å². The molecule has 0 aromatic carbocycles. The second-order valence-electron chi connectivity index (χ2n) is 6.73. The lowest BCUT2D eigenvalue weighted by Gasteiger charge is -2.30. The van der Waals surface area contributed by atoms with Crippen molar-refractivity contribution in [3.05, 3.63) is 24.2 Å². The van der Waals surface area contributed by atoms with Crippen molar-refractivity contribution in [1.29, 1.82) is 0 Å². The average molecular weight is 329 g/mol. The van der Waals surface area contributed by atoms with Gasteiger partial charge in [-0.1, -0.05) is 0 Å². The fourth-order valence-electron chi connectivity index (χ4n) is 3.55. The Labute approximate surface area is 141 Å². The molecule has 4 heterocycles. The summed E-state index contributed by atoms with van der Waals surface area (Å²) in [5, 5.41) is 4.72. The molecule has 2 aromatic heterocycles. The van der Waals surface area contributed by atoms with Crippen molar-refractivity contribution in [3.8, 4) is 11.6 Å². The quantitative estimate of drug-likeness (QED) is 0.857. The van der Waals surface area contributed by atoms with Crippen LogP contribution in [0.4, 0.5) is 0 Å². The van der Waals surface area contributed by atoms with E-state index in [0.29, 0.717) is 30.6 Å². The highest BCUT2D eigenvalue weighted by Crippen LogP contribution is 2.26. The molecule has 1 amide bonds. The van der Waals surface area contributed by atoms with Gasteiger partial charge < -0.3 is 14.2 Å². The zero-order valence-electron chi connectivity index (χ0n) is 14.0. The number of rotatable bonds is 4. The van der Waals surface area contributed by atoms with E-state index in [2.05, 4.69) is 11.9 Å². The van der Waals surface area contributed by atoms with Crippen LogP contribution in [-0.4, -0.2) is 57.2 Å². The Morgan fingerprint density at radius 3 is 2.79 bits per heavy atom. The largest absolute Gasteiger partial charge is 0.461 e. The second-order valence-corrected chi connectivity index (χ2v) is 6.73. The maximum absolute atomic E-state index is 12.0. The van der Waals surface area contributed by atoms with Crippen LogP contribution in [0.25, 0.3) is 11.6 Å². The zero-order chi connectivity index (χ0) is 16.5. The average Bonchev–Trinajstić information content (AvgIpc) is 3.31. The standard InChI is InChI=1S/C17H23N5O2/c1-20-9-6-13(7-10-20)22-15(12-21-8-2-5-16(21)23)18-17(19-22)14-4-3-11-24-14/h3-4,11,13H,2,5-10,12H2,1H3. The third-order valence-electron chi connectivity index (χ3n) is 4.98. The molecule has 7 heteroatoms. The van der Waals surface area contributed by atoms with Crippen molar-refractivity contribution in [3.63, 3.8) is 0 Å². The summed E-state index contributed by atoms with van der Waals surface area (Å²) in [7, 11) is 2.15. The van der Waals surface area contributed by atoms with Crippen LogP contribution in [0.2, 0.25) is 0 Å². The molecule has 0 aliphatic carbocycles. The first-order chi connectivity index (χ1) is 11.7. The number of hydrogen-bond donors (Lipinski definition) is 0.